The van der Waals surface area contributed by atoms with E-state index in [-0.39, 0.29) is 37.7 Å². The molecule has 1 saturated heterocycles. The summed E-state index contributed by atoms with van der Waals surface area (Å²) in [6.45, 7) is -0.499. The molecule has 152 valence electrons. The highest BCUT2D eigenvalue weighted by atomic mass is 19.4. The summed E-state index contributed by atoms with van der Waals surface area (Å²) in [5, 5.41) is 2.22. The molecule has 3 rings (SSSR count). The molecular weight excluding hydrogens is 377 g/mol. The van der Waals surface area contributed by atoms with E-state index in [1.807, 2.05) is 0 Å². The van der Waals surface area contributed by atoms with Gasteiger partial charge in [-0.15, -0.1) is 0 Å². The minimum atomic E-state index is -4.46. The van der Waals surface area contributed by atoms with Crippen molar-refractivity contribution in [3.63, 3.8) is 0 Å². The number of halogens is 3. The molecule has 0 bridgehead atoms. The average molecular weight is 398 g/mol. The third kappa shape index (κ3) is 3.74. The van der Waals surface area contributed by atoms with Crippen LogP contribution in [0.5, 0.6) is 0 Å². The van der Waals surface area contributed by atoms with Crippen LogP contribution in [-0.4, -0.2) is 59.4 Å². The normalized spacial score (nSPS) is 21.1. The van der Waals surface area contributed by atoms with Gasteiger partial charge in [-0.05, 0) is 30.7 Å². The second-order valence-corrected chi connectivity index (χ2v) is 7.05. The van der Waals surface area contributed by atoms with E-state index in [0.29, 0.717) is 16.7 Å². The van der Waals surface area contributed by atoms with Crippen LogP contribution in [0.3, 0.4) is 0 Å². The predicted molar refractivity (Wildman–Crippen MR) is 92.9 cm³/mol. The highest BCUT2D eigenvalue weighted by Gasteiger charge is 2.43. The second kappa shape index (κ2) is 7.51. The zero-order valence-corrected chi connectivity index (χ0v) is 15.3. The molecule has 1 aromatic carbocycles. The minimum absolute atomic E-state index is 0.0407. The molecule has 0 aliphatic carbocycles. The monoisotopic (exact) mass is 398 g/mol. The van der Waals surface area contributed by atoms with Gasteiger partial charge >= 0.3 is 6.18 Å². The van der Waals surface area contributed by atoms with Crippen molar-refractivity contribution in [2.45, 2.75) is 44.2 Å². The van der Waals surface area contributed by atoms with E-state index in [1.165, 1.54) is 11.9 Å². The molecule has 3 amide bonds. The van der Waals surface area contributed by atoms with Gasteiger partial charge in [0.25, 0.3) is 5.91 Å². The fourth-order valence-corrected chi connectivity index (χ4v) is 3.74. The summed E-state index contributed by atoms with van der Waals surface area (Å²) in [6.07, 6.45) is -4.10. The van der Waals surface area contributed by atoms with Crippen molar-refractivity contribution in [1.29, 1.82) is 0 Å². The van der Waals surface area contributed by atoms with Crippen LogP contribution in [-0.2, 0) is 22.7 Å². The maximum atomic E-state index is 13.1. The summed E-state index contributed by atoms with van der Waals surface area (Å²) in [5.74, 6) is -1.27. The Morgan fingerprint density at radius 2 is 2.04 bits per heavy atom. The van der Waals surface area contributed by atoms with Gasteiger partial charge in [0.05, 0.1) is 0 Å². The Hall–Kier alpha value is -2.46. The van der Waals surface area contributed by atoms with Crippen LogP contribution < -0.4 is 11.1 Å². The summed E-state index contributed by atoms with van der Waals surface area (Å²) in [5.41, 5.74) is 6.84. The molecule has 2 aliphatic rings. The zero-order valence-electron chi connectivity index (χ0n) is 15.3. The topological polar surface area (TPSA) is 95.7 Å². The fourth-order valence-electron chi connectivity index (χ4n) is 3.74. The Balaban J connectivity index is 1.82. The number of alkyl halides is 3. The second-order valence-electron chi connectivity index (χ2n) is 7.05. The average Bonchev–Trinajstić information content (AvgIpc) is 2.92. The van der Waals surface area contributed by atoms with Gasteiger partial charge in [0.15, 0.2) is 0 Å². The molecule has 0 spiro atoms. The smallest absolute Gasteiger partial charge is 0.329 e. The van der Waals surface area contributed by atoms with Crippen LogP contribution in [0.4, 0.5) is 13.2 Å². The van der Waals surface area contributed by atoms with Crippen molar-refractivity contribution in [2.75, 3.05) is 13.6 Å². The van der Waals surface area contributed by atoms with E-state index < -0.39 is 30.7 Å². The van der Waals surface area contributed by atoms with Crippen LogP contribution in [0.15, 0.2) is 18.2 Å². The summed E-state index contributed by atoms with van der Waals surface area (Å²) in [7, 11) is 1.33. The molecule has 3 N–H and O–H groups in total. The van der Waals surface area contributed by atoms with Gasteiger partial charge in [-0.2, -0.15) is 13.2 Å². The Morgan fingerprint density at radius 3 is 2.64 bits per heavy atom. The number of hydrogen-bond donors (Lipinski definition) is 2. The summed E-state index contributed by atoms with van der Waals surface area (Å²) < 4.78 is 39.4. The number of nitrogens with zero attached hydrogens (tertiary/aromatic N) is 2. The molecule has 10 heteroatoms. The summed E-state index contributed by atoms with van der Waals surface area (Å²) >= 11 is 0. The van der Waals surface area contributed by atoms with E-state index in [2.05, 4.69) is 5.32 Å². The number of nitrogens with one attached hydrogen (secondary N) is 1. The third-order valence-electron chi connectivity index (χ3n) is 5.23. The van der Waals surface area contributed by atoms with Gasteiger partial charge in [-0.1, -0.05) is 12.1 Å². The predicted octanol–water partition coefficient (Wildman–Crippen LogP) is 0.769. The lowest BCUT2D eigenvalue weighted by Crippen LogP contribution is -2.52. The van der Waals surface area contributed by atoms with Crippen LogP contribution in [0.25, 0.3) is 0 Å². The number of benzene rings is 1. The van der Waals surface area contributed by atoms with Crippen LogP contribution in [0.1, 0.15) is 34.3 Å². The van der Waals surface area contributed by atoms with Gasteiger partial charge in [0, 0.05) is 31.6 Å². The van der Waals surface area contributed by atoms with Crippen LogP contribution in [0, 0.1) is 0 Å². The Bertz CT molecular complexity index is 812. The fraction of sp³-hybridized carbons (Fsp3) is 0.500. The molecule has 1 aromatic rings. The highest BCUT2D eigenvalue weighted by Crippen LogP contribution is 2.31. The van der Waals surface area contributed by atoms with E-state index in [9.17, 15) is 27.6 Å². The molecule has 2 atom stereocenters. The molecule has 1 fully saturated rings. The number of piperidine rings is 1. The third-order valence-corrected chi connectivity index (χ3v) is 5.23. The summed E-state index contributed by atoms with van der Waals surface area (Å²) in [4.78, 5) is 38.7. The van der Waals surface area contributed by atoms with E-state index in [0.717, 1.165) is 4.90 Å². The number of carbonyl (C=O) groups excluding carboxylic acids is 3. The molecule has 28 heavy (non-hydrogen) atoms. The van der Waals surface area contributed by atoms with Crippen molar-refractivity contribution >= 4 is 17.7 Å². The van der Waals surface area contributed by atoms with Crippen LogP contribution in [0.2, 0.25) is 0 Å². The standard InChI is InChI=1S/C18H21F3N4O3/c1-24(14(7-22)18(19,20)21)8-10-3-2-4-11-12(10)9-25(17(11)28)13-5-6-15(26)23-16(13)27/h2-4,13-14H,5-9,22H2,1H3,(H,23,26,27). The van der Waals surface area contributed by atoms with Gasteiger partial charge in [-0.3, -0.25) is 24.6 Å². The van der Waals surface area contributed by atoms with Crippen molar-refractivity contribution < 1.29 is 27.6 Å². The Kier molecular flexibility index (Phi) is 5.44. The Labute approximate surface area is 159 Å². The molecule has 2 unspecified atom stereocenters. The van der Waals surface area contributed by atoms with Crippen molar-refractivity contribution in [3.05, 3.63) is 34.9 Å². The number of nitrogens with two attached hydrogens (primary N) is 1. The zero-order chi connectivity index (χ0) is 20.6. The number of fused-ring (bicyclic) bond motifs is 1. The van der Waals surface area contributed by atoms with Gasteiger partial charge in [0.2, 0.25) is 11.8 Å². The SMILES string of the molecule is CN(Cc1cccc2c1CN(C1CCC(=O)NC1=O)C2=O)C(CN)C(F)(F)F. The van der Waals surface area contributed by atoms with Crippen molar-refractivity contribution in [3.8, 4) is 0 Å². The first-order valence-corrected chi connectivity index (χ1v) is 8.86. The van der Waals surface area contributed by atoms with Crippen LogP contribution >= 0.6 is 0 Å². The molecule has 0 saturated carbocycles. The number of rotatable bonds is 5. The first kappa shape index (κ1) is 20.3. The largest absolute Gasteiger partial charge is 0.405 e. The molecule has 0 aromatic heterocycles. The van der Waals surface area contributed by atoms with Crippen molar-refractivity contribution in [2.24, 2.45) is 5.73 Å². The number of imide groups is 1. The molecule has 7 nitrogen and oxygen atoms in total. The number of carbonyl (C=O) groups is 3. The first-order chi connectivity index (χ1) is 13.1. The highest BCUT2D eigenvalue weighted by molar-refractivity contribution is 6.05. The van der Waals surface area contributed by atoms with E-state index >= 15 is 0 Å². The van der Waals surface area contributed by atoms with Gasteiger partial charge in [-0.25, -0.2) is 0 Å². The first-order valence-electron chi connectivity index (χ1n) is 8.86. The Morgan fingerprint density at radius 1 is 1.32 bits per heavy atom. The lowest BCUT2D eigenvalue weighted by molar-refractivity contribution is -0.178. The lowest BCUT2D eigenvalue weighted by Gasteiger charge is -2.30. The molecule has 2 aliphatic heterocycles. The molecular formula is C18H21F3N4O3. The van der Waals surface area contributed by atoms with E-state index in [4.69, 9.17) is 5.73 Å². The minimum Gasteiger partial charge on any atom is -0.329 e. The number of amides is 3. The number of likely N-dealkylation sites (N-methyl/N-ethyl adjacent to an activating group) is 1. The maximum Gasteiger partial charge on any atom is 0.405 e. The maximum absolute atomic E-state index is 13.1. The molecule has 0 radical (unpaired) electrons. The van der Waals surface area contributed by atoms with E-state index in [1.54, 1.807) is 18.2 Å². The molecule has 2 heterocycles. The number of hydrogen-bond acceptors (Lipinski definition) is 5. The van der Waals surface area contributed by atoms with Crippen molar-refractivity contribution in [1.82, 2.24) is 15.1 Å². The lowest BCUT2D eigenvalue weighted by atomic mass is 10.0. The summed E-state index contributed by atoms with van der Waals surface area (Å²) in [6, 6.07) is 2.30. The quantitative estimate of drug-likeness (QED) is 0.715. The van der Waals surface area contributed by atoms with Gasteiger partial charge in [0.1, 0.15) is 12.1 Å². The van der Waals surface area contributed by atoms with Gasteiger partial charge < -0.3 is 10.6 Å².